The van der Waals surface area contributed by atoms with E-state index in [9.17, 15) is 4.79 Å². The summed E-state index contributed by atoms with van der Waals surface area (Å²) in [6.07, 6.45) is 2.28. The lowest BCUT2D eigenvalue weighted by atomic mass is 10.2. The van der Waals surface area contributed by atoms with Crippen molar-refractivity contribution < 1.29 is 0 Å². The van der Waals surface area contributed by atoms with Gasteiger partial charge in [0, 0.05) is 6.54 Å². The standard InChI is InChI=1S/C9H12BrN3O/c1-3-6(2)4-11-8-7(10)9(14)13-5-12-8/h5H,2-4H2,1H3,(H2,11,12,13,14). The molecule has 0 bridgehead atoms. The van der Waals surface area contributed by atoms with E-state index in [0.717, 1.165) is 12.0 Å². The van der Waals surface area contributed by atoms with Gasteiger partial charge in [-0.2, -0.15) is 0 Å². The lowest BCUT2D eigenvalue weighted by molar-refractivity contribution is 1.02. The minimum Gasteiger partial charge on any atom is -0.365 e. The first-order valence-electron chi connectivity index (χ1n) is 4.28. The molecule has 5 heteroatoms. The third-order valence-electron chi connectivity index (χ3n) is 1.80. The van der Waals surface area contributed by atoms with E-state index in [0.29, 0.717) is 16.8 Å². The van der Waals surface area contributed by atoms with E-state index in [-0.39, 0.29) is 5.56 Å². The molecular weight excluding hydrogens is 246 g/mol. The Hall–Kier alpha value is -1.10. The summed E-state index contributed by atoms with van der Waals surface area (Å²) in [6, 6.07) is 0. The van der Waals surface area contributed by atoms with Gasteiger partial charge in [0.15, 0.2) is 0 Å². The number of nitrogens with one attached hydrogen (secondary N) is 2. The first-order valence-corrected chi connectivity index (χ1v) is 5.08. The van der Waals surface area contributed by atoms with E-state index in [1.807, 2.05) is 6.92 Å². The maximum atomic E-state index is 11.1. The molecule has 0 amide bonds. The van der Waals surface area contributed by atoms with Crippen LogP contribution >= 0.6 is 15.9 Å². The fourth-order valence-electron chi connectivity index (χ4n) is 0.840. The molecule has 0 fully saturated rings. The van der Waals surface area contributed by atoms with Gasteiger partial charge in [-0.25, -0.2) is 4.98 Å². The topological polar surface area (TPSA) is 57.8 Å². The highest BCUT2D eigenvalue weighted by Gasteiger charge is 2.03. The third kappa shape index (κ3) is 2.70. The normalized spacial score (nSPS) is 9.86. The van der Waals surface area contributed by atoms with Crippen LogP contribution in [0.25, 0.3) is 0 Å². The molecule has 0 atom stereocenters. The maximum Gasteiger partial charge on any atom is 0.267 e. The van der Waals surface area contributed by atoms with Crippen molar-refractivity contribution >= 4 is 21.7 Å². The highest BCUT2D eigenvalue weighted by Crippen LogP contribution is 2.13. The molecule has 0 saturated heterocycles. The number of hydrogen-bond acceptors (Lipinski definition) is 3. The summed E-state index contributed by atoms with van der Waals surface area (Å²) in [6.45, 7) is 6.51. The lowest BCUT2D eigenvalue weighted by Crippen LogP contribution is -2.13. The fourth-order valence-corrected chi connectivity index (χ4v) is 1.20. The number of nitrogens with zero attached hydrogens (tertiary/aromatic N) is 1. The van der Waals surface area contributed by atoms with Gasteiger partial charge in [0.1, 0.15) is 10.3 Å². The van der Waals surface area contributed by atoms with Crippen LogP contribution in [0.15, 0.2) is 27.7 Å². The van der Waals surface area contributed by atoms with E-state index >= 15 is 0 Å². The van der Waals surface area contributed by atoms with Crippen LogP contribution < -0.4 is 10.9 Å². The quantitative estimate of drug-likeness (QED) is 0.811. The summed E-state index contributed by atoms with van der Waals surface area (Å²) in [5.41, 5.74) is 0.878. The zero-order valence-corrected chi connectivity index (χ0v) is 9.52. The van der Waals surface area contributed by atoms with Crippen LogP contribution in [0.4, 0.5) is 5.82 Å². The molecule has 1 rings (SSSR count). The Labute approximate surface area is 90.6 Å². The molecule has 0 aliphatic carbocycles. The third-order valence-corrected chi connectivity index (χ3v) is 2.54. The molecule has 0 unspecified atom stereocenters. The molecular formula is C9H12BrN3O. The molecule has 0 radical (unpaired) electrons. The summed E-state index contributed by atoms with van der Waals surface area (Å²) in [5.74, 6) is 0.545. The summed E-state index contributed by atoms with van der Waals surface area (Å²) < 4.78 is 0.420. The predicted octanol–water partition coefficient (Wildman–Crippen LogP) is 1.91. The van der Waals surface area contributed by atoms with Gasteiger partial charge >= 0.3 is 0 Å². The molecule has 14 heavy (non-hydrogen) atoms. The molecule has 76 valence electrons. The van der Waals surface area contributed by atoms with Crippen molar-refractivity contribution in [2.45, 2.75) is 13.3 Å². The Morgan fingerprint density at radius 2 is 2.50 bits per heavy atom. The summed E-state index contributed by atoms with van der Waals surface area (Å²) in [5, 5.41) is 3.03. The number of H-pyrrole nitrogens is 1. The van der Waals surface area contributed by atoms with Gasteiger partial charge in [0.25, 0.3) is 5.56 Å². The average Bonchev–Trinajstić information content (AvgIpc) is 2.20. The number of hydrogen-bond donors (Lipinski definition) is 2. The summed E-state index contributed by atoms with van der Waals surface area (Å²) in [4.78, 5) is 17.6. The van der Waals surface area contributed by atoms with Crippen molar-refractivity contribution in [3.63, 3.8) is 0 Å². The van der Waals surface area contributed by atoms with Crippen LogP contribution in [0.2, 0.25) is 0 Å². The van der Waals surface area contributed by atoms with E-state index in [1.54, 1.807) is 0 Å². The lowest BCUT2D eigenvalue weighted by Gasteiger charge is -2.06. The monoisotopic (exact) mass is 257 g/mol. The largest absolute Gasteiger partial charge is 0.365 e. The average molecular weight is 258 g/mol. The van der Waals surface area contributed by atoms with Crippen LogP contribution in [0, 0.1) is 0 Å². The van der Waals surface area contributed by atoms with Gasteiger partial charge in [-0.1, -0.05) is 19.1 Å². The smallest absolute Gasteiger partial charge is 0.267 e. The van der Waals surface area contributed by atoms with E-state index in [1.165, 1.54) is 6.33 Å². The summed E-state index contributed by atoms with van der Waals surface area (Å²) in [7, 11) is 0. The zero-order valence-electron chi connectivity index (χ0n) is 7.93. The Morgan fingerprint density at radius 3 is 3.14 bits per heavy atom. The second-order valence-electron chi connectivity index (χ2n) is 2.85. The highest BCUT2D eigenvalue weighted by molar-refractivity contribution is 9.10. The summed E-state index contributed by atoms with van der Waals surface area (Å²) >= 11 is 3.15. The molecule has 1 aromatic rings. The number of aromatic amines is 1. The van der Waals surface area contributed by atoms with Crippen LogP contribution in [-0.2, 0) is 0 Å². The molecule has 0 aromatic carbocycles. The molecule has 0 saturated carbocycles. The van der Waals surface area contributed by atoms with Crippen molar-refractivity contribution in [2.24, 2.45) is 0 Å². The van der Waals surface area contributed by atoms with E-state index in [4.69, 9.17) is 0 Å². The SMILES string of the molecule is C=C(CC)CNc1nc[nH]c(=O)c1Br. The van der Waals surface area contributed by atoms with Crippen molar-refractivity contribution in [1.82, 2.24) is 9.97 Å². The Bertz CT molecular complexity index is 386. The van der Waals surface area contributed by atoms with Crippen LogP contribution in [0.1, 0.15) is 13.3 Å². The van der Waals surface area contributed by atoms with Crippen LogP contribution in [-0.4, -0.2) is 16.5 Å². The second kappa shape index (κ2) is 4.95. The Morgan fingerprint density at radius 1 is 1.79 bits per heavy atom. The van der Waals surface area contributed by atoms with E-state index in [2.05, 4.69) is 37.8 Å². The van der Waals surface area contributed by atoms with E-state index < -0.39 is 0 Å². The van der Waals surface area contributed by atoms with Crippen molar-refractivity contribution in [3.8, 4) is 0 Å². The Kier molecular flexibility index (Phi) is 3.88. The minimum atomic E-state index is -0.190. The number of halogens is 1. The first-order chi connectivity index (χ1) is 6.65. The molecule has 1 aromatic heterocycles. The van der Waals surface area contributed by atoms with Crippen molar-refractivity contribution in [2.75, 3.05) is 11.9 Å². The van der Waals surface area contributed by atoms with Crippen molar-refractivity contribution in [1.29, 1.82) is 0 Å². The Balaban J connectivity index is 2.73. The van der Waals surface area contributed by atoms with Gasteiger partial charge in [-0.3, -0.25) is 4.79 Å². The van der Waals surface area contributed by atoms with Crippen LogP contribution in [0.5, 0.6) is 0 Å². The molecule has 0 spiro atoms. The first kappa shape index (κ1) is 11.0. The van der Waals surface area contributed by atoms with Gasteiger partial charge in [0.2, 0.25) is 0 Å². The van der Waals surface area contributed by atoms with Gasteiger partial charge in [-0.05, 0) is 22.4 Å². The number of aromatic nitrogens is 2. The predicted molar refractivity (Wildman–Crippen MR) is 60.5 cm³/mol. The molecule has 1 heterocycles. The molecule has 4 nitrogen and oxygen atoms in total. The van der Waals surface area contributed by atoms with Gasteiger partial charge in [0.05, 0.1) is 6.33 Å². The minimum absolute atomic E-state index is 0.190. The van der Waals surface area contributed by atoms with Crippen molar-refractivity contribution in [3.05, 3.63) is 33.3 Å². The zero-order chi connectivity index (χ0) is 10.6. The van der Waals surface area contributed by atoms with Crippen LogP contribution in [0.3, 0.4) is 0 Å². The molecule has 0 aliphatic heterocycles. The highest BCUT2D eigenvalue weighted by atomic mass is 79.9. The fraction of sp³-hybridized carbons (Fsp3) is 0.333. The number of anilines is 1. The molecule has 2 N–H and O–H groups in total. The van der Waals surface area contributed by atoms with Gasteiger partial charge < -0.3 is 10.3 Å². The second-order valence-corrected chi connectivity index (χ2v) is 3.64. The molecule has 0 aliphatic rings. The number of rotatable bonds is 4. The van der Waals surface area contributed by atoms with Gasteiger partial charge in [-0.15, -0.1) is 0 Å². The maximum absolute atomic E-state index is 11.1.